The summed E-state index contributed by atoms with van der Waals surface area (Å²) in [6.07, 6.45) is 2.41. The molecule has 1 heterocycles. The fourth-order valence-corrected chi connectivity index (χ4v) is 1.57. The van der Waals surface area contributed by atoms with E-state index in [1.807, 2.05) is 0 Å². The van der Waals surface area contributed by atoms with Gasteiger partial charge in [0.1, 0.15) is 0 Å². The van der Waals surface area contributed by atoms with Crippen molar-refractivity contribution in [1.82, 2.24) is 5.32 Å². The Morgan fingerprint density at radius 3 is 3.08 bits per heavy atom. The van der Waals surface area contributed by atoms with Crippen molar-refractivity contribution in [3.8, 4) is 0 Å². The first-order valence-corrected chi connectivity index (χ1v) is 4.65. The maximum Gasteiger partial charge on any atom is 0.0619 e. The Bertz CT molecular complexity index is 113. The SMILES string of the molecule is COCC(C)NC1CCCOC1. The molecule has 0 aliphatic carbocycles. The average molecular weight is 173 g/mol. The van der Waals surface area contributed by atoms with Gasteiger partial charge < -0.3 is 14.8 Å². The van der Waals surface area contributed by atoms with Crippen molar-refractivity contribution in [3.63, 3.8) is 0 Å². The Balaban J connectivity index is 2.11. The number of rotatable bonds is 4. The van der Waals surface area contributed by atoms with Crippen LogP contribution < -0.4 is 5.32 Å². The van der Waals surface area contributed by atoms with Crippen LogP contribution in [0.2, 0.25) is 0 Å². The molecule has 3 heteroatoms. The second-order valence-corrected chi connectivity index (χ2v) is 3.44. The van der Waals surface area contributed by atoms with Crippen LogP contribution in [0.4, 0.5) is 0 Å². The lowest BCUT2D eigenvalue weighted by atomic mass is 10.1. The highest BCUT2D eigenvalue weighted by molar-refractivity contribution is 4.73. The molecule has 1 fully saturated rings. The third-order valence-electron chi connectivity index (χ3n) is 2.10. The van der Waals surface area contributed by atoms with Crippen LogP contribution in [0.1, 0.15) is 19.8 Å². The standard InChI is InChI=1S/C9H19NO2/c1-8(6-11-2)10-9-4-3-5-12-7-9/h8-10H,3-7H2,1-2H3. The molecule has 1 rings (SSSR count). The summed E-state index contributed by atoms with van der Waals surface area (Å²) in [6, 6.07) is 0.964. The summed E-state index contributed by atoms with van der Waals surface area (Å²) in [5.41, 5.74) is 0. The maximum absolute atomic E-state index is 5.36. The normalized spacial score (nSPS) is 27.0. The summed E-state index contributed by atoms with van der Waals surface area (Å²) in [7, 11) is 1.73. The molecule has 12 heavy (non-hydrogen) atoms. The van der Waals surface area contributed by atoms with Gasteiger partial charge in [0.25, 0.3) is 0 Å². The molecule has 2 atom stereocenters. The van der Waals surface area contributed by atoms with Crippen molar-refractivity contribution >= 4 is 0 Å². The molecule has 2 unspecified atom stereocenters. The Morgan fingerprint density at radius 2 is 2.50 bits per heavy atom. The molecule has 0 aromatic rings. The number of methoxy groups -OCH3 is 1. The van der Waals surface area contributed by atoms with Crippen molar-refractivity contribution in [2.24, 2.45) is 0 Å². The van der Waals surface area contributed by atoms with Crippen LogP contribution in [0.15, 0.2) is 0 Å². The first-order chi connectivity index (χ1) is 5.83. The fourth-order valence-electron chi connectivity index (χ4n) is 1.57. The van der Waals surface area contributed by atoms with E-state index in [0.717, 1.165) is 19.8 Å². The van der Waals surface area contributed by atoms with E-state index < -0.39 is 0 Å². The Hall–Kier alpha value is -0.120. The first-order valence-electron chi connectivity index (χ1n) is 4.65. The van der Waals surface area contributed by atoms with Crippen LogP contribution in [0.25, 0.3) is 0 Å². The predicted molar refractivity (Wildman–Crippen MR) is 48.3 cm³/mol. The maximum atomic E-state index is 5.36. The van der Waals surface area contributed by atoms with E-state index in [9.17, 15) is 0 Å². The molecule has 0 bridgehead atoms. The second-order valence-electron chi connectivity index (χ2n) is 3.44. The van der Waals surface area contributed by atoms with Crippen LogP contribution in [-0.4, -0.2) is 39.0 Å². The van der Waals surface area contributed by atoms with Gasteiger partial charge in [-0.15, -0.1) is 0 Å². The van der Waals surface area contributed by atoms with Gasteiger partial charge in [0.15, 0.2) is 0 Å². The quantitative estimate of drug-likeness (QED) is 0.682. The molecular formula is C9H19NO2. The lowest BCUT2D eigenvalue weighted by molar-refractivity contribution is 0.0609. The molecular weight excluding hydrogens is 154 g/mol. The minimum Gasteiger partial charge on any atom is -0.383 e. The molecule has 3 nitrogen and oxygen atoms in total. The smallest absolute Gasteiger partial charge is 0.0619 e. The van der Waals surface area contributed by atoms with Gasteiger partial charge in [0.2, 0.25) is 0 Å². The summed E-state index contributed by atoms with van der Waals surface area (Å²) in [5.74, 6) is 0. The Labute approximate surface area is 74.4 Å². The van der Waals surface area contributed by atoms with Crippen molar-refractivity contribution in [1.29, 1.82) is 0 Å². The minimum absolute atomic E-state index is 0.432. The van der Waals surface area contributed by atoms with E-state index in [1.54, 1.807) is 7.11 Å². The summed E-state index contributed by atoms with van der Waals surface area (Å²) in [6.45, 7) is 4.69. The molecule has 0 radical (unpaired) electrons. The van der Waals surface area contributed by atoms with E-state index in [-0.39, 0.29) is 0 Å². The average Bonchev–Trinajstić information content (AvgIpc) is 2.06. The molecule has 0 aromatic carbocycles. The molecule has 1 saturated heterocycles. The second kappa shape index (κ2) is 5.51. The number of nitrogens with one attached hydrogen (secondary N) is 1. The number of ether oxygens (including phenoxy) is 2. The highest BCUT2D eigenvalue weighted by Gasteiger charge is 2.15. The van der Waals surface area contributed by atoms with E-state index in [1.165, 1.54) is 12.8 Å². The van der Waals surface area contributed by atoms with Gasteiger partial charge in [-0.2, -0.15) is 0 Å². The molecule has 1 N–H and O–H groups in total. The molecule has 0 spiro atoms. The van der Waals surface area contributed by atoms with Gasteiger partial charge in [-0.1, -0.05) is 0 Å². The van der Waals surface area contributed by atoms with Gasteiger partial charge in [0, 0.05) is 25.8 Å². The van der Waals surface area contributed by atoms with Crippen LogP contribution in [0.3, 0.4) is 0 Å². The van der Waals surface area contributed by atoms with Gasteiger partial charge in [-0.05, 0) is 19.8 Å². The van der Waals surface area contributed by atoms with Crippen molar-refractivity contribution in [3.05, 3.63) is 0 Å². The lowest BCUT2D eigenvalue weighted by Gasteiger charge is -2.26. The topological polar surface area (TPSA) is 30.5 Å². The highest BCUT2D eigenvalue weighted by Crippen LogP contribution is 2.06. The molecule has 0 amide bonds. The number of hydrogen-bond donors (Lipinski definition) is 1. The fraction of sp³-hybridized carbons (Fsp3) is 1.00. The summed E-state index contributed by atoms with van der Waals surface area (Å²) < 4.78 is 10.4. The Morgan fingerprint density at radius 1 is 1.67 bits per heavy atom. The van der Waals surface area contributed by atoms with Crippen molar-refractivity contribution in [2.75, 3.05) is 26.9 Å². The lowest BCUT2D eigenvalue weighted by Crippen LogP contribution is -2.43. The Kier molecular flexibility index (Phi) is 4.58. The van der Waals surface area contributed by atoms with Crippen LogP contribution in [-0.2, 0) is 9.47 Å². The molecule has 0 saturated carbocycles. The molecule has 72 valence electrons. The summed E-state index contributed by atoms with van der Waals surface area (Å²) in [5, 5.41) is 3.47. The van der Waals surface area contributed by atoms with Crippen molar-refractivity contribution in [2.45, 2.75) is 31.8 Å². The molecule has 1 aliphatic rings. The third-order valence-corrected chi connectivity index (χ3v) is 2.10. The molecule has 1 aliphatic heterocycles. The van der Waals surface area contributed by atoms with Gasteiger partial charge in [-0.3, -0.25) is 0 Å². The van der Waals surface area contributed by atoms with E-state index in [4.69, 9.17) is 9.47 Å². The summed E-state index contributed by atoms with van der Waals surface area (Å²) in [4.78, 5) is 0. The zero-order valence-electron chi connectivity index (χ0n) is 8.01. The zero-order valence-corrected chi connectivity index (χ0v) is 8.01. The number of hydrogen-bond acceptors (Lipinski definition) is 3. The molecule has 0 aromatic heterocycles. The zero-order chi connectivity index (χ0) is 8.81. The summed E-state index contributed by atoms with van der Waals surface area (Å²) >= 11 is 0. The minimum atomic E-state index is 0.432. The van der Waals surface area contributed by atoms with E-state index >= 15 is 0 Å². The third kappa shape index (κ3) is 3.52. The predicted octanol–water partition coefficient (Wildman–Crippen LogP) is 0.790. The van der Waals surface area contributed by atoms with E-state index in [0.29, 0.717) is 12.1 Å². The monoisotopic (exact) mass is 173 g/mol. The van der Waals surface area contributed by atoms with Crippen molar-refractivity contribution < 1.29 is 9.47 Å². The van der Waals surface area contributed by atoms with Gasteiger partial charge in [0.05, 0.1) is 13.2 Å². The highest BCUT2D eigenvalue weighted by atomic mass is 16.5. The van der Waals surface area contributed by atoms with Gasteiger partial charge >= 0.3 is 0 Å². The van der Waals surface area contributed by atoms with Crippen LogP contribution in [0.5, 0.6) is 0 Å². The van der Waals surface area contributed by atoms with Gasteiger partial charge in [-0.25, -0.2) is 0 Å². The first kappa shape index (κ1) is 9.96. The van der Waals surface area contributed by atoms with Crippen LogP contribution in [0, 0.1) is 0 Å². The van der Waals surface area contributed by atoms with E-state index in [2.05, 4.69) is 12.2 Å². The largest absolute Gasteiger partial charge is 0.383 e. The van der Waals surface area contributed by atoms with Crippen LogP contribution >= 0.6 is 0 Å².